The van der Waals surface area contributed by atoms with Crippen LogP contribution in [0.25, 0.3) is 0 Å². The van der Waals surface area contributed by atoms with Gasteiger partial charge in [0.2, 0.25) is 0 Å². The minimum absolute atomic E-state index is 0.132. The zero-order valence-electron chi connectivity index (χ0n) is 8.51. The number of pyridine rings is 1. The molecule has 4 heteroatoms. The van der Waals surface area contributed by atoms with Crippen LogP contribution in [0, 0.1) is 11.3 Å². The predicted octanol–water partition coefficient (Wildman–Crippen LogP) is 1.29. The fourth-order valence-electron chi connectivity index (χ4n) is 1.23. The molecule has 78 valence electrons. The Balaban J connectivity index is 2.73. The van der Waals surface area contributed by atoms with Crippen molar-refractivity contribution >= 4 is 5.78 Å². The van der Waals surface area contributed by atoms with E-state index in [4.69, 9.17) is 10.00 Å². The second kappa shape index (κ2) is 5.89. The number of carbonyl (C=O) groups excluding carboxylic acids is 1. The van der Waals surface area contributed by atoms with E-state index >= 15 is 0 Å². The van der Waals surface area contributed by atoms with Gasteiger partial charge in [0.1, 0.15) is 5.92 Å². The number of hydrogen-bond donors (Lipinski definition) is 0. The molecule has 0 saturated heterocycles. The fourth-order valence-corrected chi connectivity index (χ4v) is 1.23. The van der Waals surface area contributed by atoms with Crippen molar-refractivity contribution in [2.24, 2.45) is 0 Å². The highest BCUT2D eigenvalue weighted by atomic mass is 16.5. The first kappa shape index (κ1) is 11.3. The topological polar surface area (TPSA) is 63.0 Å². The van der Waals surface area contributed by atoms with Gasteiger partial charge in [-0.3, -0.25) is 9.78 Å². The highest BCUT2D eigenvalue weighted by Gasteiger charge is 2.19. The number of rotatable bonds is 5. The van der Waals surface area contributed by atoms with E-state index in [1.807, 2.05) is 6.07 Å². The van der Waals surface area contributed by atoms with E-state index in [0.717, 1.165) is 0 Å². The minimum Gasteiger partial charge on any atom is -0.384 e. The average Bonchev–Trinajstić information content (AvgIpc) is 2.29. The van der Waals surface area contributed by atoms with Gasteiger partial charge >= 0.3 is 0 Å². The lowest BCUT2D eigenvalue weighted by atomic mass is 9.96. The highest BCUT2D eigenvalue weighted by molar-refractivity contribution is 5.88. The van der Waals surface area contributed by atoms with Gasteiger partial charge in [-0.2, -0.15) is 5.26 Å². The van der Waals surface area contributed by atoms with Gasteiger partial charge in [0.15, 0.2) is 5.78 Å². The van der Waals surface area contributed by atoms with Crippen molar-refractivity contribution in [1.29, 1.82) is 5.26 Å². The Morgan fingerprint density at radius 2 is 2.53 bits per heavy atom. The fraction of sp³-hybridized carbons (Fsp3) is 0.364. The quantitative estimate of drug-likeness (QED) is 0.725. The summed E-state index contributed by atoms with van der Waals surface area (Å²) in [6.45, 7) is 0.345. The van der Waals surface area contributed by atoms with E-state index in [1.165, 1.54) is 7.11 Å². The number of nitrogens with zero attached hydrogens (tertiary/aromatic N) is 2. The minimum atomic E-state index is -0.728. The molecule has 0 aliphatic heterocycles. The summed E-state index contributed by atoms with van der Waals surface area (Å²) in [5, 5.41) is 8.91. The Kier molecular flexibility index (Phi) is 4.45. The van der Waals surface area contributed by atoms with Crippen LogP contribution in [0.3, 0.4) is 0 Å². The molecule has 0 N–H and O–H groups in total. The van der Waals surface area contributed by atoms with Crippen molar-refractivity contribution in [3.63, 3.8) is 0 Å². The van der Waals surface area contributed by atoms with Crippen LogP contribution in [-0.2, 0) is 9.53 Å². The van der Waals surface area contributed by atoms with Gasteiger partial charge in [-0.05, 0) is 11.6 Å². The molecule has 0 radical (unpaired) electrons. The number of hydrogen-bond acceptors (Lipinski definition) is 4. The van der Waals surface area contributed by atoms with E-state index in [-0.39, 0.29) is 12.2 Å². The van der Waals surface area contributed by atoms with Gasteiger partial charge in [-0.15, -0.1) is 0 Å². The number of ketones is 1. The highest BCUT2D eigenvalue weighted by Crippen LogP contribution is 2.15. The molecule has 1 atom stereocenters. The van der Waals surface area contributed by atoms with Gasteiger partial charge in [0.25, 0.3) is 0 Å². The van der Waals surface area contributed by atoms with Crippen molar-refractivity contribution < 1.29 is 9.53 Å². The number of ether oxygens (including phenoxy) is 1. The van der Waals surface area contributed by atoms with Crippen molar-refractivity contribution in [2.75, 3.05) is 13.7 Å². The molecule has 0 bridgehead atoms. The molecular formula is C11H12N2O2. The summed E-state index contributed by atoms with van der Waals surface area (Å²) < 4.78 is 4.80. The second-order valence-electron chi connectivity index (χ2n) is 3.06. The Labute approximate surface area is 88.5 Å². The van der Waals surface area contributed by atoms with E-state index in [9.17, 15) is 4.79 Å². The molecule has 1 aromatic rings. The summed E-state index contributed by atoms with van der Waals surface area (Å²) in [7, 11) is 1.53. The van der Waals surface area contributed by atoms with E-state index in [2.05, 4.69) is 4.98 Å². The molecule has 1 heterocycles. The summed E-state index contributed by atoms with van der Waals surface area (Å²) in [4.78, 5) is 15.5. The molecule has 1 aromatic heterocycles. The first-order valence-electron chi connectivity index (χ1n) is 4.60. The number of methoxy groups -OCH3 is 1. The number of carbonyl (C=O) groups is 1. The van der Waals surface area contributed by atoms with Crippen LogP contribution in [0.15, 0.2) is 24.5 Å². The van der Waals surface area contributed by atoms with Crippen molar-refractivity contribution in [3.8, 4) is 6.07 Å². The Morgan fingerprint density at radius 3 is 3.07 bits per heavy atom. The second-order valence-corrected chi connectivity index (χ2v) is 3.06. The molecule has 4 nitrogen and oxygen atoms in total. The molecule has 0 aromatic carbocycles. The first-order chi connectivity index (χ1) is 7.29. The lowest BCUT2D eigenvalue weighted by Crippen LogP contribution is -2.13. The third-order valence-corrected chi connectivity index (χ3v) is 2.02. The molecule has 1 unspecified atom stereocenters. The van der Waals surface area contributed by atoms with Gasteiger partial charge in [0, 0.05) is 25.9 Å². The van der Waals surface area contributed by atoms with Crippen LogP contribution in [0.2, 0.25) is 0 Å². The molecule has 0 aliphatic carbocycles. The first-order valence-corrected chi connectivity index (χ1v) is 4.60. The van der Waals surface area contributed by atoms with Crippen molar-refractivity contribution in [3.05, 3.63) is 30.1 Å². The number of aromatic nitrogens is 1. The zero-order valence-corrected chi connectivity index (χ0v) is 8.51. The largest absolute Gasteiger partial charge is 0.384 e. The lowest BCUT2D eigenvalue weighted by molar-refractivity contribution is -0.120. The van der Waals surface area contributed by atoms with Crippen LogP contribution in [0.1, 0.15) is 17.9 Å². The molecule has 15 heavy (non-hydrogen) atoms. The molecule has 0 spiro atoms. The van der Waals surface area contributed by atoms with Crippen LogP contribution in [-0.4, -0.2) is 24.5 Å². The molecule has 0 amide bonds. The summed E-state index contributed by atoms with van der Waals surface area (Å²) in [6, 6.07) is 5.42. The van der Waals surface area contributed by atoms with Gasteiger partial charge in [-0.1, -0.05) is 6.07 Å². The molecule has 1 rings (SSSR count). The maximum absolute atomic E-state index is 11.6. The standard InChI is InChI=1S/C11H12N2O2/c1-15-6-4-11(14)10(7-12)9-3-2-5-13-8-9/h2-3,5,8,10H,4,6H2,1H3. The summed E-state index contributed by atoms with van der Waals surface area (Å²) in [5.74, 6) is -0.860. The third-order valence-electron chi connectivity index (χ3n) is 2.02. The molecule has 0 aliphatic rings. The number of Topliss-reactive ketones (excluding diaryl/α,β-unsaturated/α-hetero) is 1. The van der Waals surface area contributed by atoms with Crippen LogP contribution < -0.4 is 0 Å². The maximum atomic E-state index is 11.6. The molecule has 0 fully saturated rings. The predicted molar refractivity (Wildman–Crippen MR) is 54.1 cm³/mol. The average molecular weight is 204 g/mol. The third kappa shape index (κ3) is 3.15. The molecule has 0 saturated carbocycles. The Bertz CT molecular complexity index is 357. The number of nitriles is 1. The van der Waals surface area contributed by atoms with Crippen LogP contribution >= 0.6 is 0 Å². The van der Waals surface area contributed by atoms with Crippen molar-refractivity contribution in [1.82, 2.24) is 4.98 Å². The zero-order chi connectivity index (χ0) is 11.1. The van der Waals surface area contributed by atoms with Crippen molar-refractivity contribution in [2.45, 2.75) is 12.3 Å². The SMILES string of the molecule is COCCC(=O)C(C#N)c1cccnc1. The summed E-state index contributed by atoms with van der Waals surface area (Å²) in [6.07, 6.45) is 3.40. The van der Waals surface area contributed by atoms with E-state index in [1.54, 1.807) is 24.5 Å². The monoisotopic (exact) mass is 204 g/mol. The maximum Gasteiger partial charge on any atom is 0.156 e. The molecular weight excluding hydrogens is 192 g/mol. The van der Waals surface area contributed by atoms with Gasteiger partial charge < -0.3 is 4.74 Å². The Hall–Kier alpha value is -1.73. The smallest absolute Gasteiger partial charge is 0.156 e. The normalized spacial score (nSPS) is 11.7. The van der Waals surface area contributed by atoms with Crippen LogP contribution in [0.5, 0.6) is 0 Å². The van der Waals surface area contributed by atoms with Gasteiger partial charge in [-0.25, -0.2) is 0 Å². The Morgan fingerprint density at radius 1 is 1.73 bits per heavy atom. The van der Waals surface area contributed by atoms with E-state index in [0.29, 0.717) is 12.2 Å². The summed E-state index contributed by atoms with van der Waals surface area (Å²) in [5.41, 5.74) is 0.640. The van der Waals surface area contributed by atoms with Crippen LogP contribution in [0.4, 0.5) is 0 Å². The lowest BCUT2D eigenvalue weighted by Gasteiger charge is -2.06. The van der Waals surface area contributed by atoms with Gasteiger partial charge in [0.05, 0.1) is 12.7 Å². The van der Waals surface area contributed by atoms with E-state index < -0.39 is 5.92 Å². The summed E-state index contributed by atoms with van der Waals surface area (Å²) >= 11 is 0.